The molecular formula is C17H22BN3O4S. The molecule has 2 aliphatic rings. The second-order valence-corrected chi connectivity index (χ2v) is 9.04. The lowest BCUT2D eigenvalue weighted by Crippen LogP contribution is -2.30. The lowest BCUT2D eigenvalue weighted by molar-refractivity contribution is 0.336. The van der Waals surface area contributed by atoms with Crippen molar-refractivity contribution in [2.24, 2.45) is 11.8 Å². The third kappa shape index (κ3) is 3.26. The summed E-state index contributed by atoms with van der Waals surface area (Å²) in [6, 6.07) is 1.97. The minimum Gasteiger partial charge on any atom is -0.531 e. The van der Waals surface area contributed by atoms with E-state index in [1.54, 1.807) is 12.2 Å². The Balaban J connectivity index is 1.58. The van der Waals surface area contributed by atoms with Crippen molar-refractivity contribution in [2.75, 3.05) is 12.8 Å². The van der Waals surface area contributed by atoms with Crippen LogP contribution in [0.5, 0.6) is 5.75 Å². The van der Waals surface area contributed by atoms with Gasteiger partial charge in [0.15, 0.2) is 0 Å². The quantitative estimate of drug-likeness (QED) is 0.706. The van der Waals surface area contributed by atoms with E-state index in [4.69, 9.17) is 4.65 Å². The highest BCUT2D eigenvalue weighted by Gasteiger charge is 2.33. The van der Waals surface area contributed by atoms with Crippen molar-refractivity contribution in [2.45, 2.75) is 25.7 Å². The van der Waals surface area contributed by atoms with Crippen molar-refractivity contribution < 1.29 is 18.1 Å². The summed E-state index contributed by atoms with van der Waals surface area (Å²) in [7, 11) is -2.69. The molecular weight excluding hydrogens is 353 g/mol. The van der Waals surface area contributed by atoms with Crippen molar-refractivity contribution in [1.82, 2.24) is 14.7 Å². The molecule has 7 nitrogen and oxygen atoms in total. The van der Waals surface area contributed by atoms with Crippen molar-refractivity contribution >= 4 is 33.7 Å². The minimum absolute atomic E-state index is 0.179. The number of rotatable bonds is 4. The number of H-pyrrole nitrogens is 1. The maximum Gasteiger partial charge on any atom is 0.552 e. The highest BCUT2D eigenvalue weighted by Crippen LogP contribution is 2.44. The van der Waals surface area contributed by atoms with E-state index in [1.165, 1.54) is 7.05 Å². The van der Waals surface area contributed by atoms with Crippen LogP contribution in [0.1, 0.15) is 31.2 Å². The van der Waals surface area contributed by atoms with Crippen molar-refractivity contribution in [3.8, 4) is 5.75 Å². The number of nitrogens with one attached hydrogen (secondary N) is 2. The van der Waals surface area contributed by atoms with Gasteiger partial charge in [-0.25, -0.2) is 18.1 Å². The average molecular weight is 375 g/mol. The van der Waals surface area contributed by atoms with Gasteiger partial charge in [-0.1, -0.05) is 0 Å². The Hall–Kier alpha value is -1.84. The van der Waals surface area contributed by atoms with Gasteiger partial charge in [-0.3, -0.25) is 0 Å². The molecule has 0 radical (unpaired) electrons. The Kier molecular flexibility index (Phi) is 4.54. The van der Waals surface area contributed by atoms with Gasteiger partial charge in [0, 0.05) is 17.1 Å². The summed E-state index contributed by atoms with van der Waals surface area (Å²) in [5.74, 6) is 3.02. The molecule has 3 heterocycles. The first-order valence-electron chi connectivity index (χ1n) is 8.91. The van der Waals surface area contributed by atoms with Crippen molar-refractivity contribution in [3.63, 3.8) is 0 Å². The molecule has 0 atom stereocenters. The fourth-order valence-electron chi connectivity index (χ4n) is 4.15. The molecule has 0 unspecified atom stereocenters. The molecule has 2 aromatic rings. The van der Waals surface area contributed by atoms with Gasteiger partial charge >= 0.3 is 7.12 Å². The monoisotopic (exact) mass is 375 g/mol. The van der Waals surface area contributed by atoms with Crippen LogP contribution >= 0.6 is 0 Å². The number of fused-ring (bicyclic) bond motifs is 3. The van der Waals surface area contributed by atoms with Gasteiger partial charge in [-0.05, 0) is 62.2 Å². The topological polar surface area (TPSA) is 104 Å². The molecule has 0 spiro atoms. The fraction of sp³-hybridized carbons (Fsp3) is 0.471. The van der Waals surface area contributed by atoms with Crippen LogP contribution in [-0.4, -0.2) is 43.3 Å². The van der Waals surface area contributed by atoms with Gasteiger partial charge in [0.25, 0.3) is 0 Å². The lowest BCUT2D eigenvalue weighted by Gasteiger charge is -2.32. The van der Waals surface area contributed by atoms with Gasteiger partial charge in [0.05, 0.1) is 11.9 Å². The van der Waals surface area contributed by atoms with Crippen LogP contribution in [0.25, 0.3) is 16.6 Å². The maximum atomic E-state index is 11.8. The number of allylic oxidation sites excluding steroid dienone is 1. The predicted octanol–water partition coefficient (Wildman–Crippen LogP) is 1.71. The van der Waals surface area contributed by atoms with Crippen molar-refractivity contribution in [1.29, 1.82) is 0 Å². The van der Waals surface area contributed by atoms with Crippen LogP contribution in [-0.2, 0) is 10.0 Å². The van der Waals surface area contributed by atoms with Gasteiger partial charge < -0.3 is 14.7 Å². The van der Waals surface area contributed by atoms with Crippen LogP contribution in [0.3, 0.4) is 0 Å². The maximum absolute atomic E-state index is 11.8. The van der Waals surface area contributed by atoms with E-state index in [-0.39, 0.29) is 17.6 Å². The van der Waals surface area contributed by atoms with E-state index in [9.17, 15) is 13.4 Å². The molecule has 0 bridgehead atoms. The van der Waals surface area contributed by atoms with E-state index in [0.717, 1.165) is 47.9 Å². The zero-order chi connectivity index (χ0) is 18.3. The SMILES string of the molecule is CNS(=O)(=O)C[C@H]1CC[C@H](C2=CB(O)Oc3cnc4[nH]ccc4c32)CC1. The first-order valence-corrected chi connectivity index (χ1v) is 10.6. The van der Waals surface area contributed by atoms with E-state index >= 15 is 0 Å². The van der Waals surface area contributed by atoms with Crippen LogP contribution in [0.4, 0.5) is 0 Å². The Bertz CT molecular complexity index is 948. The minimum atomic E-state index is -3.18. The Labute approximate surface area is 153 Å². The van der Waals surface area contributed by atoms with Crippen LogP contribution in [0.2, 0.25) is 0 Å². The number of aromatic amines is 1. The Morgan fingerprint density at radius 1 is 1.38 bits per heavy atom. The van der Waals surface area contributed by atoms with E-state index in [2.05, 4.69) is 14.7 Å². The number of sulfonamides is 1. The largest absolute Gasteiger partial charge is 0.552 e. The smallest absolute Gasteiger partial charge is 0.531 e. The number of aromatic nitrogens is 2. The summed E-state index contributed by atoms with van der Waals surface area (Å²) < 4.78 is 31.5. The molecule has 3 N–H and O–H groups in total. The molecule has 2 aromatic heterocycles. The molecule has 0 aromatic carbocycles. The molecule has 138 valence electrons. The third-order valence-corrected chi connectivity index (χ3v) is 7.00. The first kappa shape index (κ1) is 17.6. The Morgan fingerprint density at radius 3 is 2.88 bits per heavy atom. The fourth-order valence-corrected chi connectivity index (χ4v) is 5.27. The van der Waals surface area contributed by atoms with Gasteiger partial charge in [0.1, 0.15) is 11.4 Å². The van der Waals surface area contributed by atoms with E-state index in [0.29, 0.717) is 5.75 Å². The van der Waals surface area contributed by atoms with Crippen LogP contribution in [0, 0.1) is 11.8 Å². The number of hydrogen-bond donors (Lipinski definition) is 3. The molecule has 0 amide bonds. The highest BCUT2D eigenvalue weighted by molar-refractivity contribution is 7.89. The van der Waals surface area contributed by atoms with E-state index < -0.39 is 17.1 Å². The van der Waals surface area contributed by atoms with Gasteiger partial charge in [-0.2, -0.15) is 0 Å². The lowest BCUT2D eigenvalue weighted by atomic mass is 9.71. The molecule has 26 heavy (non-hydrogen) atoms. The summed E-state index contributed by atoms with van der Waals surface area (Å²) in [4.78, 5) is 7.45. The molecule has 4 rings (SSSR count). The molecule has 1 saturated carbocycles. The number of pyridine rings is 1. The molecule has 1 aliphatic carbocycles. The zero-order valence-electron chi connectivity index (χ0n) is 14.6. The normalized spacial score (nSPS) is 23.5. The summed E-state index contributed by atoms with van der Waals surface area (Å²) in [5, 5.41) is 11.1. The van der Waals surface area contributed by atoms with Crippen LogP contribution < -0.4 is 9.38 Å². The number of nitrogens with zero attached hydrogens (tertiary/aromatic N) is 1. The summed E-state index contributed by atoms with van der Waals surface area (Å²) in [6.45, 7) is 0. The van der Waals surface area contributed by atoms with Crippen LogP contribution in [0.15, 0.2) is 24.4 Å². The first-order chi connectivity index (χ1) is 12.5. The molecule has 1 aliphatic heterocycles. The molecule has 9 heteroatoms. The zero-order valence-corrected chi connectivity index (χ0v) is 15.4. The predicted molar refractivity (Wildman–Crippen MR) is 101 cm³/mol. The molecule has 0 saturated heterocycles. The van der Waals surface area contributed by atoms with Gasteiger partial charge in [-0.15, -0.1) is 0 Å². The summed E-state index contributed by atoms with van der Waals surface area (Å²) >= 11 is 0. The Morgan fingerprint density at radius 2 is 2.15 bits per heavy atom. The third-order valence-electron chi connectivity index (χ3n) is 5.46. The molecule has 1 fully saturated rings. The summed E-state index contributed by atoms with van der Waals surface area (Å²) in [5.41, 5.74) is 2.87. The summed E-state index contributed by atoms with van der Waals surface area (Å²) in [6.07, 6.45) is 7.01. The second-order valence-electron chi connectivity index (χ2n) is 7.07. The second kappa shape index (κ2) is 6.72. The van der Waals surface area contributed by atoms with E-state index in [1.807, 2.05) is 12.3 Å². The van der Waals surface area contributed by atoms with Gasteiger partial charge in [0.2, 0.25) is 10.0 Å². The standard InChI is InChI=1S/C17H22BN3O4S/c1-19-26(23,24)10-11-2-4-12(5-3-11)14-8-18(22)25-15-9-21-17-13(16(14)15)6-7-20-17/h6-9,11-12,19,22H,2-5,10H2,1H3,(H,20,21)/t11-,12-. The average Bonchev–Trinajstić information content (AvgIpc) is 3.10. The van der Waals surface area contributed by atoms with Crippen molar-refractivity contribution in [3.05, 3.63) is 30.0 Å². The highest BCUT2D eigenvalue weighted by atomic mass is 32.2. The number of hydrogen-bond acceptors (Lipinski definition) is 5.